The van der Waals surface area contributed by atoms with Crippen molar-refractivity contribution >= 4 is 34.4 Å². The third-order valence-electron chi connectivity index (χ3n) is 3.43. The molecule has 0 aliphatic heterocycles. The minimum Gasteiger partial charge on any atom is -0.496 e. The number of hydrogen-bond donors (Lipinski definition) is 1. The number of aromatic nitrogens is 3. The molecule has 2 aromatic carbocycles. The highest BCUT2D eigenvalue weighted by Crippen LogP contribution is 2.22. The zero-order chi connectivity index (χ0) is 17.1. The number of methoxy groups -OCH3 is 1. The molecule has 0 atom stereocenters. The maximum Gasteiger partial charge on any atom is 0.216 e. The number of H-pyrrole nitrogens is 1. The molecule has 1 N–H and O–H groups in total. The van der Waals surface area contributed by atoms with Crippen LogP contribution >= 0.6 is 28.1 Å². The van der Waals surface area contributed by atoms with E-state index in [2.05, 4.69) is 31.2 Å². The van der Waals surface area contributed by atoms with E-state index >= 15 is 0 Å². The molecule has 0 radical (unpaired) electrons. The lowest BCUT2D eigenvalue weighted by Crippen LogP contribution is -1.97. The molecule has 1 aromatic heterocycles. The summed E-state index contributed by atoms with van der Waals surface area (Å²) in [7, 11) is 1.63. The van der Waals surface area contributed by atoms with Crippen molar-refractivity contribution in [1.82, 2.24) is 14.9 Å². The van der Waals surface area contributed by atoms with Crippen molar-refractivity contribution in [2.75, 3.05) is 7.11 Å². The number of hydrogen-bond acceptors (Lipinski definition) is 4. The molecule has 0 unspecified atom stereocenters. The quantitative estimate of drug-likeness (QED) is 0.513. The fourth-order valence-corrected chi connectivity index (χ4v) is 2.85. The maximum atomic E-state index is 5.36. The molecular weight excluding hydrogens is 388 g/mol. The smallest absolute Gasteiger partial charge is 0.216 e. The summed E-state index contributed by atoms with van der Waals surface area (Å²) in [6.45, 7) is 2.03. The number of halogens is 1. The summed E-state index contributed by atoms with van der Waals surface area (Å²) < 4.78 is 8.33. The fourth-order valence-electron chi connectivity index (χ4n) is 2.30. The second kappa shape index (κ2) is 7.11. The van der Waals surface area contributed by atoms with Crippen molar-refractivity contribution in [2.24, 2.45) is 5.10 Å². The molecule has 0 bridgehead atoms. The largest absolute Gasteiger partial charge is 0.496 e. The highest BCUT2D eigenvalue weighted by molar-refractivity contribution is 9.10. The number of aromatic amines is 1. The standard InChI is InChI=1S/C17H15BrN4OS/c1-11-4-3-5-12(8-11)16-20-21-17(24)22(16)19-10-13-9-14(18)6-7-15(13)23-2/h3-10H,1-2H3,(H,21,24). The molecule has 0 saturated carbocycles. The summed E-state index contributed by atoms with van der Waals surface area (Å²) in [4.78, 5) is 0. The van der Waals surface area contributed by atoms with Gasteiger partial charge in [-0.1, -0.05) is 39.7 Å². The van der Waals surface area contributed by atoms with Crippen LogP contribution in [0.3, 0.4) is 0 Å². The van der Waals surface area contributed by atoms with Crippen molar-refractivity contribution in [3.63, 3.8) is 0 Å². The Morgan fingerprint density at radius 3 is 2.88 bits per heavy atom. The van der Waals surface area contributed by atoms with Crippen LogP contribution in [-0.4, -0.2) is 28.2 Å². The molecule has 0 spiro atoms. The maximum absolute atomic E-state index is 5.36. The Balaban J connectivity index is 2.04. The van der Waals surface area contributed by atoms with Gasteiger partial charge in [-0.15, -0.1) is 0 Å². The molecule has 3 rings (SSSR count). The first kappa shape index (κ1) is 16.6. The third kappa shape index (κ3) is 3.47. The molecule has 1 heterocycles. The Hall–Kier alpha value is -2.25. The number of rotatable bonds is 4. The lowest BCUT2D eigenvalue weighted by atomic mass is 10.1. The summed E-state index contributed by atoms with van der Waals surface area (Å²) in [6, 6.07) is 13.7. The van der Waals surface area contributed by atoms with E-state index in [1.807, 2.05) is 49.4 Å². The highest BCUT2D eigenvalue weighted by atomic mass is 79.9. The second-order valence-corrected chi connectivity index (χ2v) is 6.47. The monoisotopic (exact) mass is 402 g/mol. The molecular formula is C17H15BrN4OS. The predicted molar refractivity (Wildman–Crippen MR) is 101 cm³/mol. The van der Waals surface area contributed by atoms with Crippen LogP contribution in [0, 0.1) is 11.7 Å². The molecule has 24 heavy (non-hydrogen) atoms. The van der Waals surface area contributed by atoms with Crippen LogP contribution < -0.4 is 4.74 Å². The van der Waals surface area contributed by atoms with E-state index in [0.29, 0.717) is 10.6 Å². The number of nitrogens with zero attached hydrogens (tertiary/aromatic N) is 3. The Morgan fingerprint density at radius 2 is 2.12 bits per heavy atom. The van der Waals surface area contributed by atoms with Gasteiger partial charge in [0, 0.05) is 15.6 Å². The van der Waals surface area contributed by atoms with Crippen molar-refractivity contribution in [3.05, 3.63) is 62.8 Å². The van der Waals surface area contributed by atoms with Gasteiger partial charge in [0.1, 0.15) is 5.75 Å². The van der Waals surface area contributed by atoms with Gasteiger partial charge in [0.15, 0.2) is 5.82 Å². The van der Waals surface area contributed by atoms with Crippen LogP contribution in [0.15, 0.2) is 52.0 Å². The van der Waals surface area contributed by atoms with E-state index in [9.17, 15) is 0 Å². The molecule has 0 saturated heterocycles. The SMILES string of the molecule is COc1ccc(Br)cc1C=Nn1c(-c2cccc(C)c2)n[nH]c1=S. The first-order chi connectivity index (χ1) is 11.6. The molecule has 0 fully saturated rings. The van der Waals surface area contributed by atoms with Gasteiger partial charge in [0.25, 0.3) is 0 Å². The highest BCUT2D eigenvalue weighted by Gasteiger charge is 2.08. The zero-order valence-electron chi connectivity index (χ0n) is 13.2. The molecule has 0 aliphatic rings. The van der Waals surface area contributed by atoms with Gasteiger partial charge in [0.05, 0.1) is 13.3 Å². The van der Waals surface area contributed by atoms with Crippen LogP contribution in [0.5, 0.6) is 5.75 Å². The van der Waals surface area contributed by atoms with Crippen molar-refractivity contribution in [2.45, 2.75) is 6.92 Å². The first-order valence-electron chi connectivity index (χ1n) is 7.21. The summed E-state index contributed by atoms with van der Waals surface area (Å²) in [5.41, 5.74) is 2.93. The third-order valence-corrected chi connectivity index (χ3v) is 4.19. The molecule has 122 valence electrons. The summed E-state index contributed by atoms with van der Waals surface area (Å²) >= 11 is 8.75. The van der Waals surface area contributed by atoms with Crippen LogP contribution in [-0.2, 0) is 0 Å². The van der Waals surface area contributed by atoms with Gasteiger partial charge in [-0.25, -0.2) is 5.10 Å². The number of aryl methyl sites for hydroxylation is 1. The van der Waals surface area contributed by atoms with Gasteiger partial charge in [-0.05, 0) is 43.4 Å². The molecule has 7 heteroatoms. The lowest BCUT2D eigenvalue weighted by molar-refractivity contribution is 0.414. The van der Waals surface area contributed by atoms with Crippen molar-refractivity contribution in [1.29, 1.82) is 0 Å². The Morgan fingerprint density at radius 1 is 1.29 bits per heavy atom. The molecule has 0 amide bonds. The van der Waals surface area contributed by atoms with Gasteiger partial charge < -0.3 is 4.74 Å². The lowest BCUT2D eigenvalue weighted by Gasteiger charge is -2.05. The van der Waals surface area contributed by atoms with E-state index in [4.69, 9.17) is 17.0 Å². The van der Waals surface area contributed by atoms with E-state index < -0.39 is 0 Å². The number of benzene rings is 2. The van der Waals surface area contributed by atoms with Crippen LogP contribution in [0.25, 0.3) is 11.4 Å². The number of nitrogens with one attached hydrogen (secondary N) is 1. The van der Waals surface area contributed by atoms with Crippen molar-refractivity contribution < 1.29 is 4.74 Å². The summed E-state index contributed by atoms with van der Waals surface area (Å²) in [5.74, 6) is 1.39. The van der Waals surface area contributed by atoms with E-state index in [1.165, 1.54) is 0 Å². The molecule has 0 aliphatic carbocycles. The Kier molecular flexibility index (Phi) is 4.92. The minimum atomic E-state index is 0.428. The van der Waals surface area contributed by atoms with Crippen LogP contribution in [0.4, 0.5) is 0 Å². The Bertz CT molecular complexity index is 961. The zero-order valence-corrected chi connectivity index (χ0v) is 15.6. The number of ether oxygens (including phenoxy) is 1. The van der Waals surface area contributed by atoms with Crippen LogP contribution in [0.1, 0.15) is 11.1 Å². The van der Waals surface area contributed by atoms with Crippen molar-refractivity contribution in [3.8, 4) is 17.1 Å². The van der Waals surface area contributed by atoms with E-state index in [0.717, 1.165) is 26.9 Å². The average Bonchev–Trinajstić information content (AvgIpc) is 2.94. The first-order valence-corrected chi connectivity index (χ1v) is 8.41. The van der Waals surface area contributed by atoms with Gasteiger partial charge >= 0.3 is 0 Å². The molecule has 3 aromatic rings. The fraction of sp³-hybridized carbons (Fsp3) is 0.118. The van der Waals surface area contributed by atoms with E-state index in [-0.39, 0.29) is 0 Å². The van der Waals surface area contributed by atoms with Gasteiger partial charge in [0.2, 0.25) is 4.77 Å². The van der Waals surface area contributed by atoms with Gasteiger partial charge in [-0.3, -0.25) is 0 Å². The molecule has 5 nitrogen and oxygen atoms in total. The Labute approximate surface area is 153 Å². The second-order valence-electron chi connectivity index (χ2n) is 5.16. The summed E-state index contributed by atoms with van der Waals surface area (Å²) in [5, 5.41) is 11.6. The van der Waals surface area contributed by atoms with E-state index in [1.54, 1.807) is 18.0 Å². The predicted octanol–water partition coefficient (Wildman–Crippen LogP) is 4.57. The topological polar surface area (TPSA) is 55.2 Å². The minimum absolute atomic E-state index is 0.428. The van der Waals surface area contributed by atoms with Crippen LogP contribution in [0.2, 0.25) is 0 Å². The average molecular weight is 403 g/mol. The van der Waals surface area contributed by atoms with Gasteiger partial charge in [-0.2, -0.15) is 14.9 Å². The summed E-state index contributed by atoms with van der Waals surface area (Å²) in [6.07, 6.45) is 1.70. The normalized spacial score (nSPS) is 11.1.